The topological polar surface area (TPSA) is 78.6 Å². The number of carboxylic acids is 1. The lowest BCUT2D eigenvalue weighted by atomic mass is 10.1. The lowest BCUT2D eigenvalue weighted by Crippen LogP contribution is -2.28. The van der Waals surface area contributed by atoms with Crippen LogP contribution >= 0.6 is 0 Å². The van der Waals surface area contributed by atoms with E-state index in [9.17, 15) is 9.18 Å². The van der Waals surface area contributed by atoms with Gasteiger partial charge in [-0.1, -0.05) is 0 Å². The van der Waals surface area contributed by atoms with Crippen LogP contribution in [0.4, 0.5) is 15.8 Å². The number of nitrogen functional groups attached to an aromatic ring is 1. The van der Waals surface area contributed by atoms with Gasteiger partial charge in [0.15, 0.2) is 0 Å². The minimum atomic E-state index is -1.14. The zero-order chi connectivity index (χ0) is 14.3. The van der Waals surface area contributed by atoms with E-state index in [2.05, 4.69) is 10.2 Å². The summed E-state index contributed by atoms with van der Waals surface area (Å²) in [5.74, 6) is -1.64. The van der Waals surface area contributed by atoms with Gasteiger partial charge in [0.1, 0.15) is 5.82 Å². The smallest absolute Gasteiger partial charge is 0.337 e. The maximum atomic E-state index is 13.9. The summed E-state index contributed by atoms with van der Waals surface area (Å²) in [6.07, 6.45) is 3.46. The van der Waals surface area contributed by atoms with Crippen molar-refractivity contribution in [2.75, 3.05) is 24.1 Å². The van der Waals surface area contributed by atoms with Crippen molar-refractivity contribution in [2.45, 2.75) is 31.3 Å². The van der Waals surface area contributed by atoms with Gasteiger partial charge in [0.25, 0.3) is 0 Å². The lowest BCUT2D eigenvalue weighted by molar-refractivity contribution is 0.0698. The first-order valence-electron chi connectivity index (χ1n) is 6.87. The Hall–Kier alpha value is -1.82. The van der Waals surface area contributed by atoms with Crippen molar-refractivity contribution in [2.24, 2.45) is 0 Å². The van der Waals surface area contributed by atoms with Gasteiger partial charge in [-0.15, -0.1) is 0 Å². The molecule has 1 aliphatic heterocycles. The third kappa shape index (κ3) is 2.56. The molecule has 5 nitrogen and oxygen atoms in total. The highest BCUT2D eigenvalue weighted by Crippen LogP contribution is 2.31. The molecule has 108 valence electrons. The Morgan fingerprint density at radius 2 is 2.15 bits per heavy atom. The van der Waals surface area contributed by atoms with Gasteiger partial charge in [-0.05, 0) is 31.4 Å². The number of hydrogen-bond acceptors (Lipinski definition) is 4. The monoisotopic (exact) mass is 279 g/mol. The molecule has 1 saturated heterocycles. The average molecular weight is 279 g/mol. The summed E-state index contributed by atoms with van der Waals surface area (Å²) in [4.78, 5) is 13.4. The van der Waals surface area contributed by atoms with E-state index in [4.69, 9.17) is 10.8 Å². The lowest BCUT2D eigenvalue weighted by Gasteiger charge is -2.17. The molecule has 1 unspecified atom stereocenters. The molecular formula is C14H18FN3O2. The number of nitrogens with two attached hydrogens (primary N) is 1. The summed E-state index contributed by atoms with van der Waals surface area (Å²) < 4.78 is 13.9. The fourth-order valence-electron chi connectivity index (χ4n) is 2.78. The molecule has 3 rings (SSSR count). The molecule has 1 aromatic rings. The number of aromatic carboxylic acids is 1. The Morgan fingerprint density at radius 3 is 2.80 bits per heavy atom. The molecule has 0 bridgehead atoms. The van der Waals surface area contributed by atoms with Crippen molar-refractivity contribution in [1.29, 1.82) is 0 Å². The molecule has 6 heteroatoms. The van der Waals surface area contributed by atoms with Crippen molar-refractivity contribution >= 4 is 17.3 Å². The van der Waals surface area contributed by atoms with Gasteiger partial charge in [-0.25, -0.2) is 9.18 Å². The van der Waals surface area contributed by atoms with Gasteiger partial charge in [-0.2, -0.15) is 0 Å². The van der Waals surface area contributed by atoms with Crippen LogP contribution in [-0.2, 0) is 0 Å². The molecule has 2 aliphatic rings. The van der Waals surface area contributed by atoms with Crippen LogP contribution < -0.4 is 11.1 Å². The molecule has 0 aromatic heterocycles. The molecule has 20 heavy (non-hydrogen) atoms. The Kier molecular flexibility index (Phi) is 3.25. The Labute approximate surface area is 116 Å². The number of anilines is 2. The predicted molar refractivity (Wildman–Crippen MR) is 74.4 cm³/mol. The highest BCUT2D eigenvalue weighted by molar-refractivity contribution is 5.94. The van der Waals surface area contributed by atoms with E-state index < -0.39 is 11.8 Å². The number of benzene rings is 1. The Balaban J connectivity index is 1.73. The molecular weight excluding hydrogens is 261 g/mol. The number of halogens is 1. The molecule has 0 radical (unpaired) electrons. The zero-order valence-corrected chi connectivity index (χ0v) is 11.1. The van der Waals surface area contributed by atoms with Crippen molar-refractivity contribution in [3.8, 4) is 0 Å². The summed E-state index contributed by atoms with van der Waals surface area (Å²) >= 11 is 0. The first kappa shape index (κ1) is 13.2. The highest BCUT2D eigenvalue weighted by Gasteiger charge is 2.34. The molecule has 1 aliphatic carbocycles. The number of nitrogens with zero attached hydrogens (tertiary/aromatic N) is 1. The summed E-state index contributed by atoms with van der Waals surface area (Å²) in [6, 6.07) is 3.22. The molecule has 2 fully saturated rings. The van der Waals surface area contributed by atoms with E-state index in [1.165, 1.54) is 18.9 Å². The summed E-state index contributed by atoms with van der Waals surface area (Å²) in [7, 11) is 0. The molecule has 1 aromatic carbocycles. The van der Waals surface area contributed by atoms with E-state index in [1.54, 1.807) is 0 Å². The van der Waals surface area contributed by atoms with Crippen molar-refractivity contribution in [3.05, 3.63) is 23.5 Å². The number of carbonyl (C=O) groups is 1. The van der Waals surface area contributed by atoms with Crippen molar-refractivity contribution in [3.63, 3.8) is 0 Å². The van der Waals surface area contributed by atoms with Crippen LogP contribution in [0.15, 0.2) is 12.1 Å². The number of likely N-dealkylation sites (tertiary alicyclic amines) is 1. The van der Waals surface area contributed by atoms with Crippen LogP contribution in [0.1, 0.15) is 29.6 Å². The van der Waals surface area contributed by atoms with Gasteiger partial charge in [0.2, 0.25) is 0 Å². The van der Waals surface area contributed by atoms with Crippen LogP contribution in [0.5, 0.6) is 0 Å². The van der Waals surface area contributed by atoms with E-state index in [1.807, 2.05) is 0 Å². The Bertz CT molecular complexity index is 545. The van der Waals surface area contributed by atoms with E-state index in [0.29, 0.717) is 6.04 Å². The minimum absolute atomic E-state index is 0.0495. The molecule has 0 amide bonds. The van der Waals surface area contributed by atoms with Gasteiger partial charge in [0.05, 0.1) is 11.3 Å². The molecule has 4 N–H and O–H groups in total. The highest BCUT2D eigenvalue weighted by atomic mass is 19.1. The molecule has 1 atom stereocenters. The van der Waals surface area contributed by atoms with Crippen LogP contribution in [0, 0.1) is 5.82 Å². The molecule has 0 spiro atoms. The minimum Gasteiger partial charge on any atom is -0.478 e. The normalized spacial score (nSPS) is 22.9. The third-order valence-electron chi connectivity index (χ3n) is 4.01. The first-order chi connectivity index (χ1) is 9.54. The van der Waals surface area contributed by atoms with E-state index in [0.717, 1.165) is 25.6 Å². The van der Waals surface area contributed by atoms with E-state index in [-0.39, 0.29) is 23.0 Å². The summed E-state index contributed by atoms with van der Waals surface area (Å²) in [5, 5.41) is 12.1. The third-order valence-corrected chi connectivity index (χ3v) is 4.01. The van der Waals surface area contributed by atoms with Gasteiger partial charge in [0, 0.05) is 30.9 Å². The summed E-state index contributed by atoms with van der Waals surface area (Å²) in [5.41, 5.74) is 5.62. The Morgan fingerprint density at radius 1 is 1.40 bits per heavy atom. The quantitative estimate of drug-likeness (QED) is 0.732. The van der Waals surface area contributed by atoms with Crippen molar-refractivity contribution < 1.29 is 14.3 Å². The molecule has 1 saturated carbocycles. The number of nitrogens with one attached hydrogen (secondary N) is 1. The predicted octanol–water partition coefficient (Wildman–Crippen LogP) is 1.75. The fraction of sp³-hybridized carbons (Fsp3) is 0.500. The van der Waals surface area contributed by atoms with Crippen LogP contribution in [-0.4, -0.2) is 41.1 Å². The zero-order valence-electron chi connectivity index (χ0n) is 11.1. The fourth-order valence-corrected chi connectivity index (χ4v) is 2.78. The second-order valence-corrected chi connectivity index (χ2v) is 5.58. The van der Waals surface area contributed by atoms with Crippen LogP contribution in [0.3, 0.4) is 0 Å². The van der Waals surface area contributed by atoms with Gasteiger partial charge < -0.3 is 16.2 Å². The average Bonchev–Trinajstić information content (AvgIpc) is 3.13. The second-order valence-electron chi connectivity index (χ2n) is 5.58. The maximum absolute atomic E-state index is 13.9. The van der Waals surface area contributed by atoms with Gasteiger partial charge >= 0.3 is 5.97 Å². The number of rotatable bonds is 4. The first-order valence-corrected chi connectivity index (χ1v) is 6.87. The summed E-state index contributed by atoms with van der Waals surface area (Å²) in [6.45, 7) is 1.90. The van der Waals surface area contributed by atoms with Crippen molar-refractivity contribution in [1.82, 2.24) is 4.90 Å². The number of hydrogen-bond donors (Lipinski definition) is 3. The van der Waals surface area contributed by atoms with Gasteiger partial charge in [-0.3, -0.25) is 4.90 Å². The largest absolute Gasteiger partial charge is 0.478 e. The SMILES string of the molecule is Nc1cc(F)c(NC2CCN(C3CC3)C2)cc1C(=O)O. The van der Waals surface area contributed by atoms with Crippen LogP contribution in [0.25, 0.3) is 0 Å². The second kappa shape index (κ2) is 4.94. The van der Waals surface area contributed by atoms with E-state index >= 15 is 0 Å². The standard InChI is InChI=1S/C14H18FN3O2/c15-11-6-12(16)10(14(19)20)5-13(11)17-8-3-4-18(7-8)9-1-2-9/h5-6,8-9,17H,1-4,7,16H2,(H,19,20). The number of carboxylic acid groups (broad SMARTS) is 1. The molecule has 1 heterocycles. The maximum Gasteiger partial charge on any atom is 0.337 e. The van der Waals surface area contributed by atoms with Crippen LogP contribution in [0.2, 0.25) is 0 Å².